The summed E-state index contributed by atoms with van der Waals surface area (Å²) in [6.07, 6.45) is 6.44. The van der Waals surface area contributed by atoms with Crippen molar-refractivity contribution in [3.05, 3.63) is 88.2 Å². The average molecular weight is 371 g/mol. The van der Waals surface area contributed by atoms with Crippen molar-refractivity contribution in [3.63, 3.8) is 0 Å². The highest BCUT2D eigenvalue weighted by Gasteiger charge is 2.07. The summed E-state index contributed by atoms with van der Waals surface area (Å²) >= 11 is 0. The first kappa shape index (κ1) is 19.4. The lowest BCUT2D eigenvalue weighted by Crippen LogP contribution is -2.24. The number of aryl methyl sites for hydroxylation is 3. The van der Waals surface area contributed by atoms with E-state index in [1.54, 1.807) is 0 Å². The van der Waals surface area contributed by atoms with E-state index in [1.165, 1.54) is 5.56 Å². The number of aromatic amines is 1. The normalized spacial score (nSPS) is 10.2. The van der Waals surface area contributed by atoms with Crippen LogP contribution in [0.4, 0.5) is 0 Å². The maximum absolute atomic E-state index is 12.4. The van der Waals surface area contributed by atoms with Crippen LogP contribution < -0.4 is 5.32 Å². The van der Waals surface area contributed by atoms with Crippen LogP contribution in [0, 0.1) is 18.8 Å². The fraction of sp³-hybridized carbons (Fsp3) is 0.250. The first-order valence-corrected chi connectivity index (χ1v) is 9.63. The van der Waals surface area contributed by atoms with Gasteiger partial charge in [-0.25, -0.2) is 0 Å². The van der Waals surface area contributed by atoms with Crippen LogP contribution in [0.2, 0.25) is 0 Å². The predicted octanol–water partition coefficient (Wildman–Crippen LogP) is 4.04. The number of amides is 1. The van der Waals surface area contributed by atoms with Crippen molar-refractivity contribution in [1.82, 2.24) is 15.5 Å². The molecular formula is C24H25N3O. The second-order valence-electron chi connectivity index (χ2n) is 6.80. The van der Waals surface area contributed by atoms with Gasteiger partial charge < -0.3 is 5.32 Å². The number of nitrogens with zero attached hydrogens (tertiary/aromatic N) is 1. The van der Waals surface area contributed by atoms with Crippen molar-refractivity contribution in [1.29, 1.82) is 0 Å². The van der Waals surface area contributed by atoms with Crippen LogP contribution in [-0.4, -0.2) is 22.6 Å². The predicted molar refractivity (Wildman–Crippen MR) is 112 cm³/mol. The van der Waals surface area contributed by atoms with Gasteiger partial charge in [-0.15, -0.1) is 0 Å². The molecule has 4 heteroatoms. The highest BCUT2D eigenvalue weighted by Crippen LogP contribution is 2.11. The van der Waals surface area contributed by atoms with Gasteiger partial charge in [-0.05, 0) is 67.1 Å². The van der Waals surface area contributed by atoms with Gasteiger partial charge in [0.2, 0.25) is 0 Å². The Hall–Kier alpha value is -3.32. The Morgan fingerprint density at radius 2 is 2.04 bits per heavy atom. The standard InChI is InChI=1S/C24H25N3O/c1-3-19-6-4-7-20(14-19)10-12-22-15-23(11-9-18(22)2)24(28)25-13-5-8-21-16-26-27-17-21/h4,6-7,9,11,14-17H,3,5,8,13H2,1-2H3,(H,25,28)(H,26,27). The summed E-state index contributed by atoms with van der Waals surface area (Å²) in [5.41, 5.74) is 6.00. The van der Waals surface area contributed by atoms with Crippen LogP contribution in [0.5, 0.6) is 0 Å². The highest BCUT2D eigenvalue weighted by molar-refractivity contribution is 5.94. The van der Waals surface area contributed by atoms with Crippen molar-refractivity contribution >= 4 is 5.91 Å². The number of rotatable bonds is 6. The molecule has 0 aliphatic rings. The maximum atomic E-state index is 12.4. The third-order valence-electron chi connectivity index (χ3n) is 4.66. The largest absolute Gasteiger partial charge is 0.352 e. The van der Waals surface area contributed by atoms with Gasteiger partial charge >= 0.3 is 0 Å². The number of carbonyl (C=O) groups is 1. The molecule has 142 valence electrons. The molecular weight excluding hydrogens is 346 g/mol. The van der Waals surface area contributed by atoms with Crippen LogP contribution in [-0.2, 0) is 12.8 Å². The maximum Gasteiger partial charge on any atom is 0.251 e. The molecule has 1 amide bonds. The molecule has 0 radical (unpaired) electrons. The minimum absolute atomic E-state index is 0.0665. The first-order valence-electron chi connectivity index (χ1n) is 9.63. The van der Waals surface area contributed by atoms with E-state index in [9.17, 15) is 4.79 Å². The molecule has 2 N–H and O–H groups in total. The zero-order chi connectivity index (χ0) is 19.8. The summed E-state index contributed by atoms with van der Waals surface area (Å²) in [5.74, 6) is 6.37. The lowest BCUT2D eigenvalue weighted by molar-refractivity contribution is 0.0953. The van der Waals surface area contributed by atoms with E-state index in [2.05, 4.69) is 46.4 Å². The van der Waals surface area contributed by atoms with Gasteiger partial charge in [0.1, 0.15) is 0 Å². The van der Waals surface area contributed by atoms with Gasteiger partial charge in [0.25, 0.3) is 5.91 Å². The molecule has 28 heavy (non-hydrogen) atoms. The third kappa shape index (κ3) is 5.34. The Morgan fingerprint density at radius 3 is 2.82 bits per heavy atom. The van der Waals surface area contributed by atoms with Gasteiger partial charge in [-0.2, -0.15) is 5.10 Å². The molecule has 1 aromatic heterocycles. The van der Waals surface area contributed by atoms with E-state index in [0.717, 1.165) is 41.5 Å². The Labute approximate surface area is 166 Å². The smallest absolute Gasteiger partial charge is 0.251 e. The molecule has 0 fully saturated rings. The minimum Gasteiger partial charge on any atom is -0.352 e. The van der Waals surface area contributed by atoms with Crippen LogP contribution in [0.3, 0.4) is 0 Å². The molecule has 0 saturated carbocycles. The molecule has 3 rings (SSSR count). The summed E-state index contributed by atoms with van der Waals surface area (Å²) in [6.45, 7) is 4.77. The van der Waals surface area contributed by atoms with Gasteiger partial charge in [-0.3, -0.25) is 9.89 Å². The monoisotopic (exact) mass is 371 g/mol. The molecule has 4 nitrogen and oxygen atoms in total. The lowest BCUT2D eigenvalue weighted by Gasteiger charge is -2.06. The fourth-order valence-corrected chi connectivity index (χ4v) is 2.92. The molecule has 0 aliphatic heterocycles. The molecule has 0 unspecified atom stereocenters. The number of nitrogens with one attached hydrogen (secondary N) is 2. The van der Waals surface area contributed by atoms with E-state index >= 15 is 0 Å². The summed E-state index contributed by atoms with van der Waals surface area (Å²) in [4.78, 5) is 12.4. The Morgan fingerprint density at radius 1 is 1.14 bits per heavy atom. The van der Waals surface area contributed by atoms with Gasteiger partial charge in [-0.1, -0.05) is 37.0 Å². The fourth-order valence-electron chi connectivity index (χ4n) is 2.92. The summed E-state index contributed by atoms with van der Waals surface area (Å²) in [7, 11) is 0. The van der Waals surface area contributed by atoms with Crippen molar-refractivity contribution < 1.29 is 4.79 Å². The van der Waals surface area contributed by atoms with Crippen molar-refractivity contribution in [2.75, 3.05) is 6.54 Å². The van der Waals surface area contributed by atoms with Crippen molar-refractivity contribution in [3.8, 4) is 11.8 Å². The minimum atomic E-state index is -0.0665. The number of H-pyrrole nitrogens is 1. The zero-order valence-electron chi connectivity index (χ0n) is 16.4. The Balaban J connectivity index is 1.63. The molecule has 0 spiro atoms. The Bertz CT molecular complexity index is 994. The van der Waals surface area contributed by atoms with Crippen molar-refractivity contribution in [2.24, 2.45) is 0 Å². The molecule has 0 aliphatic carbocycles. The number of aromatic nitrogens is 2. The van der Waals surface area contributed by atoms with Gasteiger partial charge in [0.05, 0.1) is 6.20 Å². The third-order valence-corrected chi connectivity index (χ3v) is 4.66. The van der Waals surface area contributed by atoms with Gasteiger partial charge in [0.15, 0.2) is 0 Å². The van der Waals surface area contributed by atoms with Crippen LogP contribution in [0.25, 0.3) is 0 Å². The van der Waals surface area contributed by atoms with E-state index in [-0.39, 0.29) is 5.91 Å². The van der Waals surface area contributed by atoms with E-state index in [1.807, 2.05) is 49.6 Å². The molecule has 0 bridgehead atoms. The van der Waals surface area contributed by atoms with E-state index in [4.69, 9.17) is 0 Å². The number of hydrogen-bond donors (Lipinski definition) is 2. The molecule has 0 saturated heterocycles. The SMILES string of the molecule is CCc1cccc(C#Cc2cc(C(=O)NCCCc3cn[nH]c3)ccc2C)c1. The molecule has 3 aromatic rings. The van der Waals surface area contributed by atoms with Crippen LogP contribution in [0.15, 0.2) is 54.9 Å². The average Bonchev–Trinajstić information content (AvgIpc) is 3.24. The summed E-state index contributed by atoms with van der Waals surface area (Å²) in [6, 6.07) is 13.9. The zero-order valence-corrected chi connectivity index (χ0v) is 16.4. The topological polar surface area (TPSA) is 57.8 Å². The first-order chi connectivity index (χ1) is 13.7. The van der Waals surface area contributed by atoms with E-state index in [0.29, 0.717) is 12.1 Å². The number of benzene rings is 2. The Kier molecular flexibility index (Phi) is 6.64. The van der Waals surface area contributed by atoms with Crippen LogP contribution in [0.1, 0.15) is 51.5 Å². The highest BCUT2D eigenvalue weighted by atomic mass is 16.1. The second-order valence-corrected chi connectivity index (χ2v) is 6.80. The van der Waals surface area contributed by atoms with E-state index < -0.39 is 0 Å². The molecule has 0 atom stereocenters. The van der Waals surface area contributed by atoms with Crippen molar-refractivity contribution in [2.45, 2.75) is 33.1 Å². The molecule has 2 aromatic carbocycles. The number of hydrogen-bond acceptors (Lipinski definition) is 2. The summed E-state index contributed by atoms with van der Waals surface area (Å²) < 4.78 is 0. The second kappa shape index (κ2) is 9.57. The molecule has 1 heterocycles. The van der Waals surface area contributed by atoms with Crippen LogP contribution >= 0.6 is 0 Å². The summed E-state index contributed by atoms with van der Waals surface area (Å²) in [5, 5.41) is 9.70. The lowest BCUT2D eigenvalue weighted by atomic mass is 10.0. The number of carbonyl (C=O) groups excluding carboxylic acids is 1. The van der Waals surface area contributed by atoms with Gasteiger partial charge in [0, 0.05) is 29.4 Å². The quantitative estimate of drug-likeness (QED) is 0.507.